The number of Topliss-reactive ketones (excluding diaryl/α,β-unsaturated/α-hetero) is 5. The van der Waals surface area contributed by atoms with Crippen LogP contribution in [0.15, 0.2) is 0 Å². The molecule has 0 fully saturated rings. The maximum absolute atomic E-state index is 15.1. The quantitative estimate of drug-likeness (QED) is 0.0155. The topological polar surface area (TPSA) is 513 Å². The number of hydrogen-bond acceptors (Lipinski definition) is 27. The summed E-state index contributed by atoms with van der Waals surface area (Å²) in [6.07, 6.45) is -6.76. The fourth-order valence-electron chi connectivity index (χ4n) is 12.1. The Hall–Kier alpha value is -9.38. The Morgan fingerprint density at radius 3 is 1.00 bits per heavy atom. The van der Waals surface area contributed by atoms with Crippen LogP contribution in [-0.4, -0.2) is 215 Å². The van der Waals surface area contributed by atoms with Gasteiger partial charge in [0.05, 0.1) is 42.9 Å². The van der Waals surface area contributed by atoms with E-state index in [-0.39, 0.29) is 84.0 Å². The van der Waals surface area contributed by atoms with Crippen LogP contribution in [0.5, 0.6) is 0 Å². The fourth-order valence-corrected chi connectivity index (χ4v) is 12.1. The number of nitrogens with one attached hydrogen (secondary N) is 8. The molecule has 8 atom stereocenters. The largest absolute Gasteiger partial charge is 0.460 e. The van der Waals surface area contributed by atoms with Gasteiger partial charge in [0.25, 0.3) is 0 Å². The van der Waals surface area contributed by atoms with Crippen molar-refractivity contribution < 1.29 is 129 Å². The van der Waals surface area contributed by atoms with Gasteiger partial charge in [-0.25, -0.2) is 24.0 Å². The van der Waals surface area contributed by atoms with Crippen molar-refractivity contribution in [3.8, 4) is 0 Å². The zero-order valence-electron chi connectivity index (χ0n) is 79.6. The average Bonchev–Trinajstić information content (AvgIpc) is 0.851. The van der Waals surface area contributed by atoms with Crippen LogP contribution in [-0.2, 0) is 110 Å². The van der Waals surface area contributed by atoms with Crippen LogP contribution in [0.2, 0.25) is 0 Å². The lowest BCUT2D eigenvalue weighted by atomic mass is 9.86. The summed E-state index contributed by atoms with van der Waals surface area (Å²) in [5.41, 5.74) is -1.36. The number of ketones is 5. The summed E-state index contributed by atoms with van der Waals surface area (Å²) in [4.78, 5) is 247. The first-order valence-electron chi connectivity index (χ1n) is 43.6. The molecule has 0 heterocycles. The first-order valence-corrected chi connectivity index (χ1v) is 43.6. The number of carbonyl (C=O) groups is 18. The molecule has 0 aromatic carbocycles. The lowest BCUT2D eigenvalue weighted by Gasteiger charge is -2.27. The second-order valence-electron chi connectivity index (χ2n) is 39.9. The third-order valence-corrected chi connectivity index (χ3v) is 17.6. The molecule has 0 aromatic rings. The Morgan fingerprint density at radius 1 is 0.280 bits per heavy atom. The first kappa shape index (κ1) is 116. The molecule has 9 amide bonds. The molecule has 36 heteroatoms. The van der Waals surface area contributed by atoms with Crippen molar-refractivity contribution in [3.63, 3.8) is 0 Å². The van der Waals surface area contributed by atoms with Crippen LogP contribution >= 0.6 is 0 Å². The number of alkyl carbamates (subject to hydrolysis) is 4. The second-order valence-corrected chi connectivity index (χ2v) is 39.9. The van der Waals surface area contributed by atoms with E-state index in [1.807, 2.05) is 0 Å². The van der Waals surface area contributed by atoms with Crippen molar-refractivity contribution in [3.05, 3.63) is 0 Å². The van der Waals surface area contributed by atoms with E-state index < -0.39 is 283 Å². The molecule has 36 nitrogen and oxygen atoms in total. The molecular weight excluding hydrogens is 1630 g/mol. The van der Waals surface area contributed by atoms with Gasteiger partial charge in [0.1, 0.15) is 58.0 Å². The summed E-state index contributed by atoms with van der Waals surface area (Å²) in [6.45, 7) is 41.7. The Balaban J connectivity index is 7.86. The zero-order chi connectivity index (χ0) is 96.4. The van der Waals surface area contributed by atoms with E-state index in [9.17, 15) is 76.7 Å². The number of esters is 4. The van der Waals surface area contributed by atoms with Gasteiger partial charge in [-0.3, -0.25) is 62.3 Å². The van der Waals surface area contributed by atoms with Gasteiger partial charge in [-0.15, -0.1) is 0 Å². The molecule has 0 saturated carbocycles. The first-order chi connectivity index (χ1) is 57.1. The summed E-state index contributed by atoms with van der Waals surface area (Å²) >= 11 is 0. The van der Waals surface area contributed by atoms with E-state index in [0.717, 1.165) is 0 Å². The highest BCUT2D eigenvalue weighted by Gasteiger charge is 2.39. The summed E-state index contributed by atoms with van der Waals surface area (Å²) in [5, 5.41) is 21.3. The molecule has 0 radical (unpaired) electrons. The van der Waals surface area contributed by atoms with E-state index in [1.165, 1.54) is 0 Å². The van der Waals surface area contributed by atoms with Crippen LogP contribution < -0.4 is 48.3 Å². The number of rotatable bonds is 55. The molecule has 0 saturated heterocycles. The zero-order valence-corrected chi connectivity index (χ0v) is 79.6. The molecule has 0 spiro atoms. The van der Waals surface area contributed by atoms with Crippen molar-refractivity contribution in [2.75, 3.05) is 39.4 Å². The van der Waals surface area contributed by atoms with Gasteiger partial charge < -0.3 is 90.9 Å². The summed E-state index contributed by atoms with van der Waals surface area (Å²) < 4.78 is 48.6. The van der Waals surface area contributed by atoms with E-state index in [2.05, 4.69) is 42.5 Å². The van der Waals surface area contributed by atoms with Crippen molar-refractivity contribution in [2.45, 2.75) is 390 Å². The molecule has 125 heavy (non-hydrogen) atoms. The van der Waals surface area contributed by atoms with Crippen molar-refractivity contribution in [2.24, 2.45) is 35.3 Å². The molecule has 0 aliphatic carbocycles. The maximum atomic E-state index is 15.1. The highest BCUT2D eigenvalue weighted by atomic mass is 16.6. The molecule has 716 valence electrons. The lowest BCUT2D eigenvalue weighted by molar-refractivity contribution is -0.161. The number of unbranched alkanes of at least 4 members (excludes halogenated alkanes) is 4. The van der Waals surface area contributed by atoms with Crippen molar-refractivity contribution >= 4 is 107 Å². The van der Waals surface area contributed by atoms with E-state index in [0.29, 0.717) is 19.3 Å². The molecule has 10 N–H and O–H groups in total. The Bertz CT molecular complexity index is 3560. The predicted octanol–water partition coefficient (Wildman–Crippen LogP) is 10.4. The smallest absolute Gasteiger partial charge is 0.407 e. The fraction of sp³-hybridized carbons (Fsp3) is 0.798. The van der Waals surface area contributed by atoms with Gasteiger partial charge in [-0.05, 0) is 243 Å². The Morgan fingerprint density at radius 2 is 0.608 bits per heavy atom. The maximum Gasteiger partial charge on any atom is 0.407 e. The summed E-state index contributed by atoms with van der Waals surface area (Å²) in [7, 11) is 0. The normalized spacial score (nSPS) is 14.1. The van der Waals surface area contributed by atoms with E-state index in [4.69, 9.17) is 48.4 Å². The lowest BCUT2D eigenvalue weighted by Crippen LogP contribution is -2.49. The number of amides is 9. The van der Waals surface area contributed by atoms with Gasteiger partial charge >= 0.3 is 48.3 Å². The van der Waals surface area contributed by atoms with Crippen LogP contribution in [0.3, 0.4) is 0 Å². The standard InChI is InChI=1S/C89H153N9O27/c1-55(2)60(51-68(103)63(39-42-70(105)118-82(3,4)5)97-76(111)58(50-71(106)119-83(6,7)8)47-59(99)53-117-54-73(108)121-85(12,13)14)77(112)98-64(52-72(107)120-84(9,10)11)65(100)40-41-69(104)95-61(37-29-33-45-93-80(115)124-88(21,22)23)67(102)49-57(36-28-32-44-92-79(114)123-87(18,19)20)75(110)96-62(38-30-34-46-94-81(116)125-89(24,25)26)66(101)48-56(74(90)109)35-27-31-43-91-78(113)122-86(15,16)17/h55-58,60-64H,27-54H2,1-26H3,(H2,90,109)(H,91,113)(H,92,114)(H,93,115)(H,94,116)(H,95,104)(H,96,110)(H,97,111)(H,98,112)/t56-,57-,58+,60+,61+,62+,63+,64+/m1/s1. The number of primary amides is 1. The van der Waals surface area contributed by atoms with Gasteiger partial charge in [-0.1, -0.05) is 26.7 Å². The van der Waals surface area contributed by atoms with Gasteiger partial charge in [0, 0.05) is 88.9 Å². The number of ether oxygens (including phenoxy) is 9. The van der Waals surface area contributed by atoms with E-state index >= 15 is 9.59 Å². The minimum Gasteiger partial charge on any atom is -0.460 e. The van der Waals surface area contributed by atoms with Gasteiger partial charge in [0.15, 0.2) is 28.9 Å². The van der Waals surface area contributed by atoms with Crippen LogP contribution in [0.1, 0.15) is 321 Å². The molecule has 0 unspecified atom stereocenters. The van der Waals surface area contributed by atoms with Gasteiger partial charge in [0.2, 0.25) is 29.5 Å². The highest BCUT2D eigenvalue weighted by Crippen LogP contribution is 2.26. The van der Waals surface area contributed by atoms with Crippen molar-refractivity contribution in [1.29, 1.82) is 0 Å². The van der Waals surface area contributed by atoms with Crippen molar-refractivity contribution in [1.82, 2.24) is 42.5 Å². The van der Waals surface area contributed by atoms with Crippen LogP contribution in [0, 0.1) is 29.6 Å². The molecule has 0 aromatic heterocycles. The molecule has 0 bridgehead atoms. The summed E-state index contributed by atoms with van der Waals surface area (Å²) in [6, 6.07) is -6.02. The predicted molar refractivity (Wildman–Crippen MR) is 463 cm³/mol. The monoisotopic (exact) mass is 1780 g/mol. The van der Waals surface area contributed by atoms with Crippen LogP contribution in [0.25, 0.3) is 0 Å². The Labute approximate surface area is 740 Å². The second kappa shape index (κ2) is 54.6. The Kier molecular flexibility index (Phi) is 50.5. The van der Waals surface area contributed by atoms with E-state index in [1.54, 1.807) is 180 Å². The number of hydrogen-bond donors (Lipinski definition) is 9. The third kappa shape index (κ3) is 60.8. The molecule has 0 rings (SSSR count). The van der Waals surface area contributed by atoms with Crippen LogP contribution in [0.4, 0.5) is 19.2 Å². The average molecular weight is 1780 g/mol. The highest BCUT2D eigenvalue weighted by molar-refractivity contribution is 5.99. The molecular formula is C89H153N9O27. The minimum atomic E-state index is -1.73. The van der Waals surface area contributed by atoms with Gasteiger partial charge in [-0.2, -0.15) is 0 Å². The SMILES string of the molecule is CC(C)[C@H](CC(=O)[C@H](CCC(=O)OC(C)(C)C)NC(=O)[C@@H](CC(=O)COCC(=O)OC(C)(C)C)CC(=O)OC(C)(C)C)C(=O)N[C@@H](CC(=O)OC(C)(C)C)C(=O)CCC(=O)N[C@@H](CCCCNC(=O)OC(C)(C)C)C(=O)C[C@@H](CCCCNC(=O)OC(C)(C)C)C(=O)N[C@@H](CCCCNC(=O)OC(C)(C)C)C(=O)C[C@@H](CCCCNC(=O)OC(C)(C)C)C(N)=O. The minimum absolute atomic E-state index is 0.0182. The molecule has 0 aliphatic rings. The number of carbonyl (C=O) groups excluding carboxylic acids is 18. The number of nitrogens with two attached hydrogens (primary N) is 1. The molecule has 0 aliphatic heterocycles. The summed E-state index contributed by atoms with van der Waals surface area (Å²) in [5.74, 6) is -17.4. The third-order valence-electron chi connectivity index (χ3n) is 17.6.